The molecule has 0 spiro atoms. The molecule has 2 aromatic carbocycles. The van der Waals surface area contributed by atoms with Gasteiger partial charge >= 0.3 is 6.61 Å². The number of nitrogens with one attached hydrogen (secondary N) is 1. The Bertz CT molecular complexity index is 648. The molecule has 4 nitrogen and oxygen atoms in total. The van der Waals surface area contributed by atoms with Crippen LogP contribution in [0.1, 0.15) is 10.4 Å². The Hall–Kier alpha value is -2.34. The minimum Gasteiger partial charge on any atom is -0.433 e. The Labute approximate surface area is 124 Å². The lowest BCUT2D eigenvalue weighted by Crippen LogP contribution is -2.12. The largest absolute Gasteiger partial charge is 0.433 e. The second kappa shape index (κ2) is 6.41. The number of carbonyl (C=O) groups is 1. The van der Waals surface area contributed by atoms with Crippen molar-refractivity contribution in [1.29, 1.82) is 0 Å². The number of nitrogens with two attached hydrogens (primary N) is 1. The van der Waals surface area contributed by atoms with Crippen molar-refractivity contribution in [3.63, 3.8) is 0 Å². The molecule has 21 heavy (non-hydrogen) atoms. The number of nitrogen functional groups attached to an aromatic ring is 1. The SMILES string of the molecule is Nc1ccc(C(=O)Nc2ccc(OC(F)F)c(Cl)c2)cc1. The van der Waals surface area contributed by atoms with E-state index in [0.717, 1.165) is 0 Å². The molecule has 0 saturated heterocycles. The molecule has 0 saturated carbocycles. The third-order valence-corrected chi connectivity index (χ3v) is 2.87. The van der Waals surface area contributed by atoms with Crippen LogP contribution in [0.5, 0.6) is 5.75 Å². The van der Waals surface area contributed by atoms with Crippen LogP contribution in [0.25, 0.3) is 0 Å². The normalized spacial score (nSPS) is 10.5. The molecule has 2 rings (SSSR count). The van der Waals surface area contributed by atoms with Crippen molar-refractivity contribution >= 4 is 28.9 Å². The van der Waals surface area contributed by atoms with Gasteiger partial charge in [-0.1, -0.05) is 11.6 Å². The predicted molar refractivity (Wildman–Crippen MR) is 76.9 cm³/mol. The average Bonchev–Trinajstić information content (AvgIpc) is 2.42. The fraction of sp³-hybridized carbons (Fsp3) is 0.0714. The van der Waals surface area contributed by atoms with Crippen LogP contribution in [0.15, 0.2) is 42.5 Å². The minimum absolute atomic E-state index is 0.0228. The van der Waals surface area contributed by atoms with E-state index in [2.05, 4.69) is 10.1 Å². The molecule has 2 aromatic rings. The molecule has 0 heterocycles. The van der Waals surface area contributed by atoms with Crippen molar-refractivity contribution < 1.29 is 18.3 Å². The Morgan fingerprint density at radius 1 is 1.19 bits per heavy atom. The van der Waals surface area contributed by atoms with E-state index in [9.17, 15) is 13.6 Å². The zero-order valence-corrected chi connectivity index (χ0v) is 11.4. The molecule has 0 aliphatic rings. The number of carbonyl (C=O) groups excluding carboxylic acids is 1. The number of rotatable bonds is 4. The molecule has 0 unspecified atom stereocenters. The molecule has 0 aromatic heterocycles. The van der Waals surface area contributed by atoms with Gasteiger partial charge in [-0.3, -0.25) is 4.79 Å². The molecule has 0 atom stereocenters. The predicted octanol–water partition coefficient (Wildman–Crippen LogP) is 3.78. The molecule has 0 aliphatic heterocycles. The summed E-state index contributed by atoms with van der Waals surface area (Å²) >= 11 is 5.80. The Kier molecular flexibility index (Phi) is 4.59. The van der Waals surface area contributed by atoms with Gasteiger partial charge < -0.3 is 15.8 Å². The Morgan fingerprint density at radius 3 is 2.43 bits per heavy atom. The van der Waals surface area contributed by atoms with Crippen LogP contribution in [0.2, 0.25) is 5.02 Å². The quantitative estimate of drug-likeness (QED) is 0.845. The van der Waals surface area contributed by atoms with Crippen LogP contribution in [-0.2, 0) is 0 Å². The fourth-order valence-corrected chi connectivity index (χ4v) is 1.83. The summed E-state index contributed by atoms with van der Waals surface area (Å²) in [6.45, 7) is -2.96. The number of halogens is 3. The highest BCUT2D eigenvalue weighted by Crippen LogP contribution is 2.29. The number of hydrogen-bond acceptors (Lipinski definition) is 3. The smallest absolute Gasteiger partial charge is 0.387 e. The summed E-state index contributed by atoms with van der Waals surface area (Å²) in [5.41, 5.74) is 6.85. The number of hydrogen-bond donors (Lipinski definition) is 2. The third kappa shape index (κ3) is 4.06. The summed E-state index contributed by atoms with van der Waals surface area (Å²) < 4.78 is 28.4. The van der Waals surface area contributed by atoms with Gasteiger partial charge in [0.15, 0.2) is 0 Å². The van der Waals surface area contributed by atoms with E-state index in [4.69, 9.17) is 17.3 Å². The third-order valence-electron chi connectivity index (χ3n) is 2.58. The van der Waals surface area contributed by atoms with Crippen molar-refractivity contribution in [2.24, 2.45) is 0 Å². The van der Waals surface area contributed by atoms with Crippen molar-refractivity contribution in [3.05, 3.63) is 53.1 Å². The maximum atomic E-state index is 12.1. The first kappa shape index (κ1) is 15.1. The van der Waals surface area contributed by atoms with Gasteiger partial charge in [-0.2, -0.15) is 8.78 Å². The first-order valence-corrected chi connectivity index (χ1v) is 6.25. The zero-order chi connectivity index (χ0) is 15.4. The highest BCUT2D eigenvalue weighted by Gasteiger charge is 2.11. The first-order valence-electron chi connectivity index (χ1n) is 5.87. The molecule has 0 aliphatic carbocycles. The molecule has 3 N–H and O–H groups in total. The van der Waals surface area contributed by atoms with Crippen LogP contribution >= 0.6 is 11.6 Å². The lowest BCUT2D eigenvalue weighted by atomic mass is 10.2. The van der Waals surface area contributed by atoms with Crippen LogP contribution in [-0.4, -0.2) is 12.5 Å². The molecular weight excluding hydrogens is 302 g/mol. The highest BCUT2D eigenvalue weighted by molar-refractivity contribution is 6.32. The first-order chi connectivity index (χ1) is 9.95. The second-order valence-corrected chi connectivity index (χ2v) is 4.51. The number of anilines is 2. The van der Waals surface area contributed by atoms with Crippen molar-refractivity contribution in [3.8, 4) is 5.75 Å². The van der Waals surface area contributed by atoms with E-state index in [1.807, 2.05) is 0 Å². The van der Waals surface area contributed by atoms with E-state index in [1.54, 1.807) is 24.3 Å². The van der Waals surface area contributed by atoms with Gasteiger partial charge in [0, 0.05) is 16.9 Å². The molecule has 7 heteroatoms. The molecule has 0 radical (unpaired) electrons. The zero-order valence-electron chi connectivity index (χ0n) is 10.6. The summed E-state index contributed by atoms with van der Waals surface area (Å²) in [4.78, 5) is 12.0. The monoisotopic (exact) mass is 312 g/mol. The summed E-state index contributed by atoms with van der Waals surface area (Å²) in [5.74, 6) is -0.522. The standard InChI is InChI=1S/C14H11ClF2N2O2/c15-11-7-10(5-6-12(11)21-14(16)17)19-13(20)8-1-3-9(18)4-2-8/h1-7,14H,18H2,(H,19,20). The van der Waals surface area contributed by atoms with Gasteiger partial charge in [0.25, 0.3) is 5.91 Å². The molecule has 0 bridgehead atoms. The molecular formula is C14H11ClF2N2O2. The lowest BCUT2D eigenvalue weighted by molar-refractivity contribution is -0.0497. The van der Waals surface area contributed by atoms with Crippen molar-refractivity contribution in [1.82, 2.24) is 0 Å². The van der Waals surface area contributed by atoms with Gasteiger partial charge in [0.2, 0.25) is 0 Å². The van der Waals surface area contributed by atoms with E-state index >= 15 is 0 Å². The maximum absolute atomic E-state index is 12.1. The van der Waals surface area contributed by atoms with Crippen LogP contribution in [0, 0.1) is 0 Å². The van der Waals surface area contributed by atoms with Gasteiger partial charge in [-0.15, -0.1) is 0 Å². The van der Waals surface area contributed by atoms with Gasteiger partial charge in [-0.25, -0.2) is 0 Å². The Morgan fingerprint density at radius 2 is 1.86 bits per heavy atom. The Balaban J connectivity index is 2.11. The second-order valence-electron chi connectivity index (χ2n) is 4.10. The van der Waals surface area contributed by atoms with Gasteiger partial charge in [0.05, 0.1) is 5.02 Å². The van der Waals surface area contributed by atoms with E-state index in [-0.39, 0.29) is 16.7 Å². The van der Waals surface area contributed by atoms with E-state index in [1.165, 1.54) is 18.2 Å². The molecule has 1 amide bonds. The highest BCUT2D eigenvalue weighted by atomic mass is 35.5. The summed E-state index contributed by atoms with van der Waals surface area (Å²) in [7, 11) is 0. The van der Waals surface area contributed by atoms with E-state index < -0.39 is 6.61 Å². The summed E-state index contributed by atoms with van der Waals surface area (Å²) in [5, 5.41) is 2.57. The van der Waals surface area contributed by atoms with Crippen LogP contribution in [0.3, 0.4) is 0 Å². The van der Waals surface area contributed by atoms with Crippen molar-refractivity contribution in [2.75, 3.05) is 11.1 Å². The van der Waals surface area contributed by atoms with E-state index in [0.29, 0.717) is 16.9 Å². The maximum Gasteiger partial charge on any atom is 0.387 e. The molecule has 0 fully saturated rings. The summed E-state index contributed by atoms with van der Waals surface area (Å²) in [6, 6.07) is 10.3. The van der Waals surface area contributed by atoms with Gasteiger partial charge in [-0.05, 0) is 42.5 Å². The lowest BCUT2D eigenvalue weighted by Gasteiger charge is -2.09. The average molecular weight is 313 g/mol. The number of benzene rings is 2. The minimum atomic E-state index is -2.96. The van der Waals surface area contributed by atoms with Crippen molar-refractivity contribution in [2.45, 2.75) is 6.61 Å². The van der Waals surface area contributed by atoms with Gasteiger partial charge in [0.1, 0.15) is 5.75 Å². The van der Waals surface area contributed by atoms with Crippen LogP contribution in [0.4, 0.5) is 20.2 Å². The number of ether oxygens (including phenoxy) is 1. The topological polar surface area (TPSA) is 64.4 Å². The van der Waals surface area contributed by atoms with Crippen LogP contribution < -0.4 is 15.8 Å². The molecule has 110 valence electrons. The number of alkyl halides is 2. The number of amides is 1. The summed E-state index contributed by atoms with van der Waals surface area (Å²) in [6.07, 6.45) is 0. The fourth-order valence-electron chi connectivity index (χ4n) is 1.61.